The number of nitrogens with one attached hydrogen (secondary N) is 2. The van der Waals surface area contributed by atoms with Crippen LogP contribution >= 0.6 is 11.3 Å². The van der Waals surface area contributed by atoms with Crippen molar-refractivity contribution in [2.24, 2.45) is 0 Å². The van der Waals surface area contributed by atoms with Gasteiger partial charge in [-0.15, -0.1) is 11.3 Å². The molecule has 2 N–H and O–H groups in total. The Morgan fingerprint density at radius 3 is 2.61 bits per heavy atom. The first-order valence-corrected chi connectivity index (χ1v) is 13.6. The average Bonchev–Trinajstić information content (AvgIpc) is 3.32. The van der Waals surface area contributed by atoms with E-state index >= 15 is 0 Å². The molecule has 2 fully saturated rings. The molecule has 33 heavy (non-hydrogen) atoms. The first kappa shape index (κ1) is 23.3. The lowest BCUT2D eigenvalue weighted by Crippen LogP contribution is -2.49. The van der Waals surface area contributed by atoms with E-state index in [0.29, 0.717) is 12.1 Å². The number of morpholine rings is 1. The molecule has 3 heterocycles. The Balaban J connectivity index is 1.22. The van der Waals surface area contributed by atoms with Crippen molar-refractivity contribution in [3.8, 4) is 11.3 Å². The molecular weight excluding hydrogens is 428 g/mol. The third kappa shape index (κ3) is 5.00. The molecular formula is C27H40N4OS. The Labute approximate surface area is 203 Å². The van der Waals surface area contributed by atoms with Gasteiger partial charge in [-0.1, -0.05) is 39.8 Å². The molecule has 180 valence electrons. The molecule has 0 bridgehead atoms. The lowest BCUT2D eigenvalue weighted by Gasteiger charge is -2.42. The minimum Gasteiger partial charge on any atom is -0.374 e. The highest BCUT2D eigenvalue weighted by Crippen LogP contribution is 2.47. The lowest BCUT2D eigenvalue weighted by molar-refractivity contribution is 0.0271. The molecule has 2 aliphatic heterocycles. The largest absolute Gasteiger partial charge is 0.374 e. The van der Waals surface area contributed by atoms with Crippen LogP contribution in [0, 0.1) is 0 Å². The second-order valence-corrected chi connectivity index (χ2v) is 12.2. The van der Waals surface area contributed by atoms with E-state index in [2.05, 4.69) is 66.8 Å². The molecule has 1 atom stereocenters. The van der Waals surface area contributed by atoms with Crippen LogP contribution < -0.4 is 15.5 Å². The summed E-state index contributed by atoms with van der Waals surface area (Å²) >= 11 is 1.79. The zero-order valence-electron chi connectivity index (χ0n) is 20.7. The Bertz CT molecular complexity index is 955. The maximum Gasteiger partial charge on any atom is 0.185 e. The average molecular weight is 469 g/mol. The molecule has 0 saturated carbocycles. The predicted octanol–water partition coefficient (Wildman–Crippen LogP) is 4.71. The second-order valence-electron chi connectivity index (χ2n) is 11.4. The van der Waals surface area contributed by atoms with Gasteiger partial charge in [0.1, 0.15) is 0 Å². The van der Waals surface area contributed by atoms with E-state index in [9.17, 15) is 0 Å². The number of nitrogens with zero attached hydrogens (tertiary/aromatic N) is 2. The first-order valence-electron chi connectivity index (χ1n) is 12.7. The Hall–Kier alpha value is -1.47. The van der Waals surface area contributed by atoms with E-state index in [1.807, 2.05) is 0 Å². The van der Waals surface area contributed by atoms with Crippen LogP contribution in [0.3, 0.4) is 0 Å². The van der Waals surface area contributed by atoms with E-state index in [1.165, 1.54) is 34.7 Å². The second kappa shape index (κ2) is 9.29. The van der Waals surface area contributed by atoms with Gasteiger partial charge in [0.2, 0.25) is 0 Å². The quantitative estimate of drug-likeness (QED) is 0.666. The number of piperidine rings is 1. The van der Waals surface area contributed by atoms with E-state index < -0.39 is 0 Å². The van der Waals surface area contributed by atoms with Gasteiger partial charge in [-0.3, -0.25) is 0 Å². The van der Waals surface area contributed by atoms with Gasteiger partial charge in [-0.25, -0.2) is 4.98 Å². The van der Waals surface area contributed by atoms with Crippen LogP contribution in [0.4, 0.5) is 5.13 Å². The monoisotopic (exact) mass is 468 g/mol. The number of rotatable bonds is 5. The lowest BCUT2D eigenvalue weighted by atomic mass is 9.63. The van der Waals surface area contributed by atoms with Crippen LogP contribution in [-0.2, 0) is 15.6 Å². The van der Waals surface area contributed by atoms with Crippen LogP contribution in [0.1, 0.15) is 64.5 Å². The number of benzene rings is 1. The van der Waals surface area contributed by atoms with Crippen LogP contribution in [0.15, 0.2) is 23.6 Å². The standard InChI is InChI=1S/C27H40N4OS/c1-26(2)9-10-27(3,4)23-15-19(5-6-22(23)26)24-18-33-25(30-24)31-12-7-20(8-13-31)29-17-21-16-28-11-14-32-21/h5-6,15,18,20-21,28-29H,7-14,16-17H2,1-4H3. The van der Waals surface area contributed by atoms with Crippen molar-refractivity contribution in [3.63, 3.8) is 0 Å². The molecule has 2 aromatic rings. The summed E-state index contributed by atoms with van der Waals surface area (Å²) in [6, 6.07) is 7.66. The predicted molar refractivity (Wildman–Crippen MR) is 139 cm³/mol. The van der Waals surface area contributed by atoms with Crippen molar-refractivity contribution >= 4 is 16.5 Å². The van der Waals surface area contributed by atoms with Gasteiger partial charge in [0.25, 0.3) is 0 Å². The molecule has 1 aromatic carbocycles. The third-order valence-electron chi connectivity index (χ3n) is 8.04. The maximum atomic E-state index is 5.82. The maximum absolute atomic E-state index is 5.82. The van der Waals surface area contributed by atoms with Crippen LogP contribution in [0.25, 0.3) is 11.3 Å². The molecule has 0 amide bonds. The molecule has 1 aromatic heterocycles. The summed E-state index contributed by atoms with van der Waals surface area (Å²) in [6.07, 6.45) is 5.13. The molecule has 3 aliphatic rings. The fourth-order valence-corrected chi connectivity index (χ4v) is 6.50. The van der Waals surface area contributed by atoms with Crippen molar-refractivity contribution in [1.82, 2.24) is 15.6 Å². The van der Waals surface area contributed by atoms with E-state index in [1.54, 1.807) is 11.3 Å². The fraction of sp³-hybridized carbons (Fsp3) is 0.667. The van der Waals surface area contributed by atoms with E-state index in [0.717, 1.165) is 57.9 Å². The summed E-state index contributed by atoms with van der Waals surface area (Å²) in [7, 11) is 0. The van der Waals surface area contributed by atoms with Gasteiger partial charge in [-0.2, -0.15) is 0 Å². The highest BCUT2D eigenvalue weighted by Gasteiger charge is 2.37. The summed E-state index contributed by atoms with van der Waals surface area (Å²) in [4.78, 5) is 7.55. The minimum absolute atomic E-state index is 0.229. The van der Waals surface area contributed by atoms with Gasteiger partial charge in [0.15, 0.2) is 5.13 Å². The first-order chi connectivity index (χ1) is 15.8. The molecule has 1 unspecified atom stereocenters. The van der Waals surface area contributed by atoms with Crippen LogP contribution in [0.2, 0.25) is 0 Å². The SMILES string of the molecule is CC1(C)CCC(C)(C)c2cc(-c3csc(N4CCC(NCC5CNCCO5)CC4)n3)ccc21. The van der Waals surface area contributed by atoms with Gasteiger partial charge in [0, 0.05) is 49.7 Å². The van der Waals surface area contributed by atoms with Gasteiger partial charge in [-0.05, 0) is 53.7 Å². The Morgan fingerprint density at radius 2 is 1.88 bits per heavy atom. The van der Waals surface area contributed by atoms with E-state index in [-0.39, 0.29) is 10.8 Å². The van der Waals surface area contributed by atoms with Crippen molar-refractivity contribution in [3.05, 3.63) is 34.7 Å². The summed E-state index contributed by atoms with van der Waals surface area (Å²) in [5.41, 5.74) is 5.90. The third-order valence-corrected chi connectivity index (χ3v) is 8.95. The number of hydrogen-bond donors (Lipinski definition) is 2. The minimum atomic E-state index is 0.229. The molecule has 6 heteroatoms. The normalized spacial score (nSPS) is 25.1. The van der Waals surface area contributed by atoms with Crippen molar-refractivity contribution in [2.75, 3.05) is 44.2 Å². The Kier molecular flexibility index (Phi) is 6.55. The number of ether oxygens (including phenoxy) is 1. The van der Waals surface area contributed by atoms with Crippen LogP contribution in [0.5, 0.6) is 0 Å². The number of thiazole rings is 1. The summed E-state index contributed by atoms with van der Waals surface area (Å²) in [5.74, 6) is 0. The number of anilines is 1. The molecule has 5 rings (SSSR count). The zero-order chi connectivity index (χ0) is 23.1. The highest BCUT2D eigenvalue weighted by molar-refractivity contribution is 7.14. The summed E-state index contributed by atoms with van der Waals surface area (Å²) < 4.78 is 5.82. The zero-order valence-corrected chi connectivity index (χ0v) is 21.6. The summed E-state index contributed by atoms with van der Waals surface area (Å²) in [5, 5.41) is 10.6. The number of hydrogen-bond acceptors (Lipinski definition) is 6. The van der Waals surface area contributed by atoms with E-state index in [4.69, 9.17) is 9.72 Å². The Morgan fingerprint density at radius 1 is 1.12 bits per heavy atom. The summed E-state index contributed by atoms with van der Waals surface area (Å²) in [6.45, 7) is 15.4. The number of aromatic nitrogens is 1. The topological polar surface area (TPSA) is 49.4 Å². The van der Waals surface area contributed by atoms with Gasteiger partial charge < -0.3 is 20.3 Å². The molecule has 0 spiro atoms. The van der Waals surface area contributed by atoms with Crippen LogP contribution in [-0.4, -0.2) is 56.5 Å². The smallest absolute Gasteiger partial charge is 0.185 e. The number of fused-ring (bicyclic) bond motifs is 1. The molecule has 0 radical (unpaired) electrons. The highest BCUT2D eigenvalue weighted by atomic mass is 32.1. The van der Waals surface area contributed by atoms with Crippen molar-refractivity contribution in [1.29, 1.82) is 0 Å². The fourth-order valence-electron chi connectivity index (χ4n) is 5.61. The van der Waals surface area contributed by atoms with Crippen molar-refractivity contribution in [2.45, 2.75) is 76.4 Å². The van der Waals surface area contributed by atoms with Gasteiger partial charge in [0.05, 0.1) is 18.4 Å². The van der Waals surface area contributed by atoms with Gasteiger partial charge >= 0.3 is 0 Å². The molecule has 5 nitrogen and oxygen atoms in total. The van der Waals surface area contributed by atoms with Crippen molar-refractivity contribution < 1.29 is 4.74 Å². The molecule has 2 saturated heterocycles. The molecule has 1 aliphatic carbocycles.